The van der Waals surface area contributed by atoms with E-state index in [-0.39, 0.29) is 5.82 Å². The Morgan fingerprint density at radius 1 is 0.929 bits per heavy atom. The maximum atomic E-state index is 14.0. The van der Waals surface area contributed by atoms with Crippen LogP contribution in [-0.2, 0) is 5.75 Å². The molecule has 3 nitrogen and oxygen atoms in total. The van der Waals surface area contributed by atoms with Gasteiger partial charge in [0, 0.05) is 22.0 Å². The number of nitrogens with zero attached hydrogens (tertiary/aromatic N) is 3. The minimum atomic E-state index is -0.214. The lowest BCUT2D eigenvalue weighted by molar-refractivity contribution is 0.617. The summed E-state index contributed by atoms with van der Waals surface area (Å²) in [4.78, 5) is 0. The fourth-order valence-corrected chi connectivity index (χ4v) is 3.90. The van der Waals surface area contributed by atoms with Crippen molar-refractivity contribution in [1.82, 2.24) is 14.8 Å². The summed E-state index contributed by atoms with van der Waals surface area (Å²) in [5, 5.41) is 10.2. The van der Waals surface area contributed by atoms with E-state index in [1.165, 1.54) is 23.4 Å². The molecule has 0 spiro atoms. The number of thioether (sulfide) groups is 1. The highest BCUT2D eigenvalue weighted by Gasteiger charge is 2.17. The van der Waals surface area contributed by atoms with Crippen LogP contribution in [-0.4, -0.2) is 14.8 Å². The monoisotopic (exact) mass is 409 g/mol. The van der Waals surface area contributed by atoms with E-state index in [0.29, 0.717) is 21.5 Å². The second-order valence-electron chi connectivity index (χ2n) is 6.36. The van der Waals surface area contributed by atoms with Gasteiger partial charge in [-0.2, -0.15) is 0 Å². The Balaban J connectivity index is 1.74. The van der Waals surface area contributed by atoms with Gasteiger partial charge in [-0.3, -0.25) is 4.57 Å². The van der Waals surface area contributed by atoms with Crippen molar-refractivity contribution >= 4 is 23.4 Å². The third-order valence-electron chi connectivity index (χ3n) is 4.34. The maximum absolute atomic E-state index is 14.0. The highest BCUT2D eigenvalue weighted by Crippen LogP contribution is 2.30. The highest BCUT2D eigenvalue weighted by molar-refractivity contribution is 7.98. The molecule has 0 aliphatic heterocycles. The van der Waals surface area contributed by atoms with Gasteiger partial charge in [0.1, 0.15) is 5.82 Å². The Labute approximate surface area is 172 Å². The van der Waals surface area contributed by atoms with Crippen LogP contribution in [0, 0.1) is 12.7 Å². The summed E-state index contributed by atoms with van der Waals surface area (Å²) < 4.78 is 16.0. The number of aryl methyl sites for hydroxylation is 1. The van der Waals surface area contributed by atoms with Crippen LogP contribution in [0.2, 0.25) is 5.02 Å². The van der Waals surface area contributed by atoms with Crippen LogP contribution < -0.4 is 0 Å². The zero-order valence-electron chi connectivity index (χ0n) is 15.1. The van der Waals surface area contributed by atoms with Crippen molar-refractivity contribution in [2.75, 3.05) is 0 Å². The molecule has 6 heteroatoms. The second-order valence-corrected chi connectivity index (χ2v) is 7.74. The molecule has 3 aromatic carbocycles. The third kappa shape index (κ3) is 3.96. The fourth-order valence-electron chi connectivity index (χ4n) is 2.83. The first-order valence-electron chi connectivity index (χ1n) is 8.76. The van der Waals surface area contributed by atoms with Gasteiger partial charge >= 0.3 is 0 Å². The molecule has 0 unspecified atom stereocenters. The van der Waals surface area contributed by atoms with Gasteiger partial charge in [-0.15, -0.1) is 10.2 Å². The lowest BCUT2D eigenvalue weighted by atomic mass is 10.2. The third-order valence-corrected chi connectivity index (χ3v) is 5.57. The van der Waals surface area contributed by atoms with Crippen LogP contribution in [0.25, 0.3) is 17.1 Å². The normalized spacial score (nSPS) is 11.0. The molecule has 0 aliphatic rings. The summed E-state index contributed by atoms with van der Waals surface area (Å²) in [5.74, 6) is 0.975. The van der Waals surface area contributed by atoms with Crippen molar-refractivity contribution < 1.29 is 4.39 Å². The van der Waals surface area contributed by atoms with E-state index in [0.717, 1.165) is 17.1 Å². The molecular weight excluding hydrogens is 393 g/mol. The Morgan fingerprint density at radius 3 is 2.36 bits per heavy atom. The Kier molecular flexibility index (Phi) is 5.46. The van der Waals surface area contributed by atoms with Gasteiger partial charge in [-0.05, 0) is 55.0 Å². The molecule has 0 saturated heterocycles. The summed E-state index contributed by atoms with van der Waals surface area (Å²) in [6, 6.07) is 22.4. The molecule has 0 saturated carbocycles. The fraction of sp³-hybridized carbons (Fsp3) is 0.0909. The van der Waals surface area contributed by atoms with Crippen molar-refractivity contribution in [3.05, 3.63) is 94.8 Å². The zero-order chi connectivity index (χ0) is 19.5. The maximum Gasteiger partial charge on any atom is 0.196 e. The van der Waals surface area contributed by atoms with Crippen molar-refractivity contribution in [2.45, 2.75) is 17.8 Å². The molecule has 140 valence electrons. The zero-order valence-corrected chi connectivity index (χ0v) is 16.7. The van der Waals surface area contributed by atoms with Crippen LogP contribution in [0.5, 0.6) is 0 Å². The van der Waals surface area contributed by atoms with E-state index >= 15 is 0 Å². The number of benzene rings is 3. The van der Waals surface area contributed by atoms with Crippen LogP contribution in [0.3, 0.4) is 0 Å². The van der Waals surface area contributed by atoms with Gasteiger partial charge < -0.3 is 0 Å². The van der Waals surface area contributed by atoms with Crippen LogP contribution in [0.15, 0.2) is 78.0 Å². The van der Waals surface area contributed by atoms with Crippen LogP contribution in [0.1, 0.15) is 11.1 Å². The standard InChI is InChI=1S/C22H17ClFN3S/c1-15-6-12-19(13-7-15)27-21(16-8-10-18(23)11-9-16)25-26-22(27)28-14-17-4-2-3-5-20(17)24/h2-13H,14H2,1H3. The lowest BCUT2D eigenvalue weighted by Crippen LogP contribution is -2.00. The molecule has 28 heavy (non-hydrogen) atoms. The lowest BCUT2D eigenvalue weighted by Gasteiger charge is -2.11. The molecule has 0 amide bonds. The molecule has 0 fully saturated rings. The number of hydrogen-bond donors (Lipinski definition) is 0. The number of rotatable bonds is 5. The first kappa shape index (κ1) is 18.7. The Hall–Kier alpha value is -2.63. The molecule has 0 bridgehead atoms. The number of aromatic nitrogens is 3. The molecule has 0 atom stereocenters. The van der Waals surface area contributed by atoms with Gasteiger partial charge in [0.25, 0.3) is 0 Å². The quantitative estimate of drug-likeness (QED) is 0.361. The van der Waals surface area contributed by atoms with Gasteiger partial charge in [-0.25, -0.2) is 4.39 Å². The summed E-state index contributed by atoms with van der Waals surface area (Å²) in [7, 11) is 0. The van der Waals surface area contributed by atoms with Gasteiger partial charge in [-0.1, -0.05) is 59.3 Å². The average Bonchev–Trinajstić information content (AvgIpc) is 3.12. The van der Waals surface area contributed by atoms with E-state index in [2.05, 4.69) is 10.2 Å². The highest BCUT2D eigenvalue weighted by atomic mass is 35.5. The van der Waals surface area contributed by atoms with Crippen LogP contribution in [0.4, 0.5) is 4.39 Å². The largest absolute Gasteiger partial charge is 0.270 e. The minimum Gasteiger partial charge on any atom is -0.270 e. The Bertz CT molecular complexity index is 1090. The van der Waals surface area contributed by atoms with Gasteiger partial charge in [0.15, 0.2) is 11.0 Å². The van der Waals surface area contributed by atoms with E-state index in [1.807, 2.05) is 66.1 Å². The molecule has 4 rings (SSSR count). The molecule has 1 heterocycles. The van der Waals surface area contributed by atoms with E-state index in [1.54, 1.807) is 12.1 Å². The molecule has 0 radical (unpaired) electrons. The Morgan fingerprint density at radius 2 is 1.64 bits per heavy atom. The van der Waals surface area contributed by atoms with E-state index < -0.39 is 0 Å². The predicted molar refractivity (Wildman–Crippen MR) is 113 cm³/mol. The SMILES string of the molecule is Cc1ccc(-n2c(SCc3ccccc3F)nnc2-c2ccc(Cl)cc2)cc1. The summed E-state index contributed by atoms with van der Waals surface area (Å²) in [5.41, 5.74) is 3.68. The molecule has 1 aromatic heterocycles. The summed E-state index contributed by atoms with van der Waals surface area (Å²) in [6.07, 6.45) is 0. The van der Waals surface area contributed by atoms with Crippen molar-refractivity contribution in [3.8, 4) is 17.1 Å². The molecule has 4 aromatic rings. The summed E-state index contributed by atoms with van der Waals surface area (Å²) in [6.45, 7) is 2.05. The molecular formula is C22H17ClFN3S. The van der Waals surface area contributed by atoms with Crippen molar-refractivity contribution in [3.63, 3.8) is 0 Å². The van der Waals surface area contributed by atoms with Gasteiger partial charge in [0.05, 0.1) is 0 Å². The predicted octanol–water partition coefficient (Wildman–Crippen LogP) is 6.33. The summed E-state index contributed by atoms with van der Waals surface area (Å²) >= 11 is 7.48. The van der Waals surface area contributed by atoms with E-state index in [4.69, 9.17) is 11.6 Å². The van der Waals surface area contributed by atoms with Gasteiger partial charge in [0.2, 0.25) is 0 Å². The van der Waals surface area contributed by atoms with Crippen molar-refractivity contribution in [1.29, 1.82) is 0 Å². The smallest absolute Gasteiger partial charge is 0.196 e. The van der Waals surface area contributed by atoms with Crippen LogP contribution >= 0.6 is 23.4 Å². The average molecular weight is 410 g/mol. The second kappa shape index (κ2) is 8.17. The molecule has 0 N–H and O–H groups in total. The topological polar surface area (TPSA) is 30.7 Å². The van der Waals surface area contributed by atoms with E-state index in [9.17, 15) is 4.39 Å². The first-order chi connectivity index (χ1) is 13.6. The first-order valence-corrected chi connectivity index (χ1v) is 10.1. The number of hydrogen-bond acceptors (Lipinski definition) is 3. The van der Waals surface area contributed by atoms with Crippen molar-refractivity contribution in [2.24, 2.45) is 0 Å². The molecule has 0 aliphatic carbocycles. The minimum absolute atomic E-state index is 0.214. The number of halogens is 2.